The number of nitrogens with two attached hydrogens (primary N) is 1. The van der Waals surface area contributed by atoms with Gasteiger partial charge in [-0.2, -0.15) is 0 Å². The summed E-state index contributed by atoms with van der Waals surface area (Å²) >= 11 is 1.54. The van der Waals surface area contributed by atoms with Crippen molar-refractivity contribution in [2.45, 2.75) is 46.0 Å². The zero-order valence-electron chi connectivity index (χ0n) is 11.7. The third-order valence-electron chi connectivity index (χ3n) is 2.80. The Morgan fingerprint density at radius 2 is 2.05 bits per heavy atom. The summed E-state index contributed by atoms with van der Waals surface area (Å²) in [6.07, 6.45) is 4.80. The SMILES string of the molecule is CCN(C(=O)CCCCCCN)c1nc(C)cs1.Cl. The maximum Gasteiger partial charge on any atom is 0.228 e. The standard InChI is InChI=1S/C13H23N3OS.ClH/c1-3-16(13-15-11(2)10-18-13)12(17)8-6-4-5-7-9-14;/h10H,3-9,14H2,1-2H3;1H. The highest BCUT2D eigenvalue weighted by molar-refractivity contribution is 7.14. The number of anilines is 1. The van der Waals surface area contributed by atoms with Gasteiger partial charge in [-0.05, 0) is 33.2 Å². The normalized spacial score (nSPS) is 10.1. The van der Waals surface area contributed by atoms with E-state index in [4.69, 9.17) is 5.73 Å². The minimum absolute atomic E-state index is 0. The first-order valence-electron chi connectivity index (χ1n) is 6.61. The van der Waals surface area contributed by atoms with E-state index in [1.807, 2.05) is 19.2 Å². The number of hydrogen-bond acceptors (Lipinski definition) is 4. The number of thiazole rings is 1. The van der Waals surface area contributed by atoms with E-state index in [9.17, 15) is 4.79 Å². The van der Waals surface area contributed by atoms with E-state index in [0.717, 1.165) is 43.1 Å². The predicted octanol–water partition coefficient (Wildman–Crippen LogP) is 3.14. The van der Waals surface area contributed by atoms with Gasteiger partial charge in [-0.25, -0.2) is 4.98 Å². The Kier molecular flexibility index (Phi) is 9.83. The smallest absolute Gasteiger partial charge is 0.228 e. The fourth-order valence-electron chi connectivity index (χ4n) is 1.79. The lowest BCUT2D eigenvalue weighted by Crippen LogP contribution is -2.30. The number of carbonyl (C=O) groups excluding carboxylic acids is 1. The Labute approximate surface area is 125 Å². The van der Waals surface area contributed by atoms with Crippen molar-refractivity contribution in [2.24, 2.45) is 5.73 Å². The van der Waals surface area contributed by atoms with Crippen LogP contribution in [0.3, 0.4) is 0 Å². The molecule has 2 N–H and O–H groups in total. The van der Waals surface area contributed by atoms with Crippen molar-refractivity contribution < 1.29 is 4.79 Å². The van der Waals surface area contributed by atoms with E-state index < -0.39 is 0 Å². The molecule has 0 aliphatic carbocycles. The second-order valence-electron chi connectivity index (χ2n) is 4.36. The highest BCUT2D eigenvalue weighted by Crippen LogP contribution is 2.21. The fraction of sp³-hybridized carbons (Fsp3) is 0.692. The van der Waals surface area contributed by atoms with Crippen LogP contribution in [0.1, 0.15) is 44.7 Å². The summed E-state index contributed by atoms with van der Waals surface area (Å²) in [5.74, 6) is 0.180. The van der Waals surface area contributed by atoms with Crippen molar-refractivity contribution in [3.63, 3.8) is 0 Å². The lowest BCUT2D eigenvalue weighted by atomic mass is 10.1. The van der Waals surface area contributed by atoms with E-state index in [1.165, 1.54) is 11.3 Å². The molecule has 0 radical (unpaired) electrons. The summed E-state index contributed by atoms with van der Waals surface area (Å²) in [6.45, 7) is 5.37. The Hall–Kier alpha value is -0.650. The third-order valence-corrected chi connectivity index (χ3v) is 3.78. The molecule has 1 aromatic heterocycles. The van der Waals surface area contributed by atoms with Crippen molar-refractivity contribution in [1.29, 1.82) is 0 Å². The molecule has 0 spiro atoms. The molecule has 1 heterocycles. The van der Waals surface area contributed by atoms with Crippen LogP contribution >= 0.6 is 23.7 Å². The lowest BCUT2D eigenvalue weighted by Gasteiger charge is -2.17. The van der Waals surface area contributed by atoms with Crippen LogP contribution in [0.15, 0.2) is 5.38 Å². The molecular weight excluding hydrogens is 282 g/mol. The van der Waals surface area contributed by atoms with E-state index >= 15 is 0 Å². The molecule has 110 valence electrons. The van der Waals surface area contributed by atoms with Crippen molar-refractivity contribution in [1.82, 2.24) is 4.98 Å². The second kappa shape index (κ2) is 10.2. The molecule has 0 saturated carbocycles. The molecule has 0 aliphatic rings. The average molecular weight is 306 g/mol. The molecule has 0 fully saturated rings. The molecule has 0 aromatic carbocycles. The van der Waals surface area contributed by atoms with Crippen molar-refractivity contribution in [2.75, 3.05) is 18.0 Å². The summed E-state index contributed by atoms with van der Waals surface area (Å²) < 4.78 is 0. The first kappa shape index (κ1) is 18.4. The van der Waals surface area contributed by atoms with Gasteiger partial charge in [0.2, 0.25) is 5.91 Å². The molecule has 0 bridgehead atoms. The number of aryl methyl sites for hydroxylation is 1. The quantitative estimate of drug-likeness (QED) is 0.751. The van der Waals surface area contributed by atoms with Crippen LogP contribution in [-0.2, 0) is 4.79 Å². The minimum Gasteiger partial charge on any atom is -0.330 e. The van der Waals surface area contributed by atoms with Crippen molar-refractivity contribution in [3.05, 3.63) is 11.1 Å². The Morgan fingerprint density at radius 1 is 1.37 bits per heavy atom. The van der Waals surface area contributed by atoms with Gasteiger partial charge in [0.05, 0.1) is 5.69 Å². The second-order valence-corrected chi connectivity index (χ2v) is 5.20. The third kappa shape index (κ3) is 6.36. The van der Waals surface area contributed by atoms with Gasteiger partial charge in [-0.15, -0.1) is 23.7 Å². The average Bonchev–Trinajstić information content (AvgIpc) is 2.76. The molecule has 0 atom stereocenters. The van der Waals surface area contributed by atoms with Crippen LogP contribution in [0.5, 0.6) is 0 Å². The number of halogens is 1. The number of aromatic nitrogens is 1. The number of unbranched alkanes of at least 4 members (excludes halogenated alkanes) is 3. The van der Waals surface area contributed by atoms with Gasteiger partial charge in [-0.1, -0.05) is 12.8 Å². The number of hydrogen-bond donors (Lipinski definition) is 1. The first-order chi connectivity index (χ1) is 8.69. The lowest BCUT2D eigenvalue weighted by molar-refractivity contribution is -0.118. The van der Waals surface area contributed by atoms with E-state index in [0.29, 0.717) is 13.0 Å². The van der Waals surface area contributed by atoms with E-state index in [-0.39, 0.29) is 18.3 Å². The van der Waals surface area contributed by atoms with Crippen LogP contribution in [0, 0.1) is 6.92 Å². The molecule has 6 heteroatoms. The molecule has 1 rings (SSSR count). The first-order valence-corrected chi connectivity index (χ1v) is 7.49. The van der Waals surface area contributed by atoms with Gasteiger partial charge >= 0.3 is 0 Å². The summed E-state index contributed by atoms with van der Waals surface area (Å²) in [4.78, 5) is 18.2. The largest absolute Gasteiger partial charge is 0.330 e. The van der Waals surface area contributed by atoms with Crippen LogP contribution in [0.4, 0.5) is 5.13 Å². The molecule has 0 unspecified atom stereocenters. The zero-order chi connectivity index (χ0) is 13.4. The van der Waals surface area contributed by atoms with Crippen molar-refractivity contribution in [3.8, 4) is 0 Å². The van der Waals surface area contributed by atoms with Gasteiger partial charge in [0.25, 0.3) is 0 Å². The molecule has 0 saturated heterocycles. The number of carbonyl (C=O) groups is 1. The van der Waals surface area contributed by atoms with Crippen LogP contribution in [0.25, 0.3) is 0 Å². The number of amides is 1. The van der Waals surface area contributed by atoms with E-state index in [2.05, 4.69) is 4.98 Å². The Balaban J connectivity index is 0.00000324. The maximum absolute atomic E-state index is 12.1. The highest BCUT2D eigenvalue weighted by Gasteiger charge is 2.15. The summed E-state index contributed by atoms with van der Waals surface area (Å²) in [6, 6.07) is 0. The van der Waals surface area contributed by atoms with Crippen LogP contribution in [0.2, 0.25) is 0 Å². The van der Waals surface area contributed by atoms with E-state index in [1.54, 1.807) is 4.90 Å². The zero-order valence-corrected chi connectivity index (χ0v) is 13.4. The van der Waals surface area contributed by atoms with Gasteiger partial charge in [-0.3, -0.25) is 9.69 Å². The maximum atomic E-state index is 12.1. The fourth-order valence-corrected chi connectivity index (χ4v) is 2.68. The summed E-state index contributed by atoms with van der Waals surface area (Å²) in [7, 11) is 0. The Bertz CT molecular complexity index is 371. The number of nitrogens with zero attached hydrogens (tertiary/aromatic N) is 2. The monoisotopic (exact) mass is 305 g/mol. The summed E-state index contributed by atoms with van der Waals surface area (Å²) in [5, 5.41) is 2.80. The highest BCUT2D eigenvalue weighted by atomic mass is 35.5. The Morgan fingerprint density at radius 3 is 2.58 bits per heavy atom. The molecule has 4 nitrogen and oxygen atoms in total. The van der Waals surface area contributed by atoms with Crippen molar-refractivity contribution >= 4 is 34.8 Å². The van der Waals surface area contributed by atoms with Crippen LogP contribution < -0.4 is 10.6 Å². The number of rotatable bonds is 8. The molecule has 0 aliphatic heterocycles. The summed E-state index contributed by atoms with van der Waals surface area (Å²) in [5.41, 5.74) is 6.41. The van der Waals surface area contributed by atoms with Gasteiger partial charge in [0.1, 0.15) is 0 Å². The van der Waals surface area contributed by atoms with Gasteiger partial charge in [0, 0.05) is 18.3 Å². The molecule has 1 aromatic rings. The van der Waals surface area contributed by atoms with Crippen LogP contribution in [-0.4, -0.2) is 24.0 Å². The topological polar surface area (TPSA) is 59.2 Å². The van der Waals surface area contributed by atoms with Gasteiger partial charge in [0.15, 0.2) is 5.13 Å². The molecular formula is C13H24ClN3OS. The van der Waals surface area contributed by atoms with Gasteiger partial charge < -0.3 is 5.73 Å². The predicted molar refractivity (Wildman–Crippen MR) is 84.3 cm³/mol. The molecule has 19 heavy (non-hydrogen) atoms. The minimum atomic E-state index is 0. The molecule has 1 amide bonds.